The fourth-order valence-electron chi connectivity index (χ4n) is 6.10. The van der Waals surface area contributed by atoms with Gasteiger partial charge in [-0.05, 0) is 62.2 Å². The number of likely N-dealkylation sites (tertiary alicyclic amines) is 1. The zero-order chi connectivity index (χ0) is 16.9. The lowest BCUT2D eigenvalue weighted by molar-refractivity contribution is -0.178. The highest BCUT2D eigenvalue weighted by atomic mass is 16.5. The first-order chi connectivity index (χ1) is 11.4. The van der Waals surface area contributed by atoms with Crippen LogP contribution in [0.5, 0.6) is 0 Å². The smallest absolute Gasteiger partial charge is 0.306 e. The van der Waals surface area contributed by atoms with Crippen molar-refractivity contribution >= 4 is 17.8 Å². The molecule has 2 amide bonds. The first-order valence-corrected chi connectivity index (χ1v) is 9.08. The predicted octanol–water partition coefficient (Wildman–Crippen LogP) is 1.40. The van der Waals surface area contributed by atoms with Crippen molar-refractivity contribution in [3.8, 4) is 0 Å². The van der Waals surface area contributed by atoms with E-state index in [1.54, 1.807) is 0 Å². The molecule has 6 heteroatoms. The standard InChI is InChI=1S/C18H25NO5/c20-14-2-1-3-19(14)15(21)10-24-16(22)9-17-5-12-4-13(6-17)8-18(23,7-12)11-17/h12-13,23H,1-11H2/t12-,13-,17?,18?/m0/s1. The molecule has 5 fully saturated rings. The first kappa shape index (κ1) is 16.1. The summed E-state index contributed by atoms with van der Waals surface area (Å²) in [5, 5.41) is 10.7. The maximum Gasteiger partial charge on any atom is 0.306 e. The van der Waals surface area contributed by atoms with Gasteiger partial charge >= 0.3 is 5.97 Å². The summed E-state index contributed by atoms with van der Waals surface area (Å²) in [4.78, 5) is 36.9. The van der Waals surface area contributed by atoms with Crippen LogP contribution in [-0.2, 0) is 19.1 Å². The topological polar surface area (TPSA) is 83.9 Å². The Kier molecular flexibility index (Phi) is 3.71. The van der Waals surface area contributed by atoms with E-state index in [2.05, 4.69) is 0 Å². The summed E-state index contributed by atoms with van der Waals surface area (Å²) >= 11 is 0. The number of hydrogen-bond donors (Lipinski definition) is 1. The van der Waals surface area contributed by atoms with Gasteiger partial charge in [-0.2, -0.15) is 0 Å². The second-order valence-corrected chi connectivity index (χ2v) is 8.57. The van der Waals surface area contributed by atoms with Crippen LogP contribution in [0.15, 0.2) is 0 Å². The van der Waals surface area contributed by atoms with Crippen LogP contribution in [0.1, 0.15) is 57.8 Å². The minimum atomic E-state index is -0.595. The number of hydrogen-bond acceptors (Lipinski definition) is 5. The van der Waals surface area contributed by atoms with Gasteiger partial charge in [-0.1, -0.05) is 0 Å². The molecule has 0 spiro atoms. The summed E-state index contributed by atoms with van der Waals surface area (Å²) in [5.41, 5.74) is -0.745. The van der Waals surface area contributed by atoms with E-state index in [0.717, 1.165) is 25.7 Å². The number of imide groups is 1. The van der Waals surface area contributed by atoms with Gasteiger partial charge in [0.15, 0.2) is 6.61 Å². The molecule has 5 rings (SSSR count). The Labute approximate surface area is 141 Å². The zero-order valence-corrected chi connectivity index (χ0v) is 14.0. The van der Waals surface area contributed by atoms with E-state index in [0.29, 0.717) is 37.6 Å². The Balaban J connectivity index is 1.33. The minimum absolute atomic E-state index is 0.150. The lowest BCUT2D eigenvalue weighted by atomic mass is 9.47. The number of carbonyl (C=O) groups excluding carboxylic acids is 3. The third kappa shape index (κ3) is 2.85. The largest absolute Gasteiger partial charge is 0.456 e. The van der Waals surface area contributed by atoms with Crippen LogP contribution in [0, 0.1) is 17.3 Å². The summed E-state index contributed by atoms with van der Waals surface area (Å²) in [7, 11) is 0. The van der Waals surface area contributed by atoms with Crippen LogP contribution in [0.2, 0.25) is 0 Å². The van der Waals surface area contributed by atoms with Crippen molar-refractivity contribution in [3.05, 3.63) is 0 Å². The van der Waals surface area contributed by atoms with Crippen LogP contribution in [0.3, 0.4) is 0 Å². The average Bonchev–Trinajstić information content (AvgIpc) is 2.87. The molecule has 1 saturated heterocycles. The Morgan fingerprint density at radius 1 is 1.21 bits per heavy atom. The number of amides is 2. The molecule has 132 valence electrons. The number of nitrogens with zero attached hydrogens (tertiary/aromatic N) is 1. The predicted molar refractivity (Wildman–Crippen MR) is 83.6 cm³/mol. The van der Waals surface area contributed by atoms with Gasteiger partial charge in [0.1, 0.15) is 0 Å². The number of aliphatic hydroxyl groups is 1. The highest BCUT2D eigenvalue weighted by molar-refractivity contribution is 5.97. The normalized spacial score (nSPS) is 40.2. The SMILES string of the molecule is O=C(CC12C[C@@H]3C[C@H](CC(O)(C3)C1)C2)OCC(=O)N1CCCC1=O. The molecule has 5 aliphatic rings. The van der Waals surface area contributed by atoms with Crippen LogP contribution >= 0.6 is 0 Å². The van der Waals surface area contributed by atoms with Gasteiger partial charge in [-0.15, -0.1) is 0 Å². The Hall–Kier alpha value is -1.43. The van der Waals surface area contributed by atoms with Crippen molar-refractivity contribution in [2.75, 3.05) is 13.2 Å². The second-order valence-electron chi connectivity index (χ2n) is 8.57. The highest BCUT2D eigenvalue weighted by Crippen LogP contribution is 2.62. The van der Waals surface area contributed by atoms with Crippen molar-refractivity contribution < 1.29 is 24.2 Å². The lowest BCUT2D eigenvalue weighted by Gasteiger charge is -2.60. The Morgan fingerprint density at radius 2 is 1.92 bits per heavy atom. The molecule has 4 aliphatic carbocycles. The van der Waals surface area contributed by atoms with Gasteiger partial charge in [0.25, 0.3) is 5.91 Å². The number of carbonyl (C=O) groups is 3. The summed E-state index contributed by atoms with van der Waals surface area (Å²) in [5.74, 6) is 0.0655. The Bertz CT molecular complexity index is 572. The molecule has 0 radical (unpaired) electrons. The van der Waals surface area contributed by atoms with Crippen molar-refractivity contribution in [3.63, 3.8) is 0 Å². The highest BCUT2D eigenvalue weighted by Gasteiger charge is 2.57. The lowest BCUT2D eigenvalue weighted by Crippen LogP contribution is -2.56. The van der Waals surface area contributed by atoms with E-state index >= 15 is 0 Å². The summed E-state index contributed by atoms with van der Waals surface area (Å²) < 4.78 is 5.17. The summed E-state index contributed by atoms with van der Waals surface area (Å²) in [6, 6.07) is 0. The first-order valence-electron chi connectivity index (χ1n) is 9.08. The van der Waals surface area contributed by atoms with E-state index in [4.69, 9.17) is 4.74 Å². The van der Waals surface area contributed by atoms with Crippen molar-refractivity contribution in [2.24, 2.45) is 17.3 Å². The van der Waals surface area contributed by atoms with Gasteiger partial charge in [0.05, 0.1) is 12.0 Å². The minimum Gasteiger partial charge on any atom is -0.456 e. The Morgan fingerprint density at radius 3 is 2.50 bits per heavy atom. The molecule has 1 N–H and O–H groups in total. The number of ether oxygens (including phenoxy) is 1. The molecule has 0 aromatic rings. The molecule has 0 unspecified atom stereocenters. The third-order valence-corrected chi connectivity index (χ3v) is 6.40. The third-order valence-electron chi connectivity index (χ3n) is 6.40. The van der Waals surface area contributed by atoms with E-state index in [9.17, 15) is 19.5 Å². The number of esters is 1. The van der Waals surface area contributed by atoms with Crippen molar-refractivity contribution in [2.45, 2.75) is 63.4 Å². The maximum absolute atomic E-state index is 12.3. The molecular formula is C18H25NO5. The van der Waals surface area contributed by atoms with E-state index in [-0.39, 0.29) is 30.3 Å². The molecule has 2 atom stereocenters. The van der Waals surface area contributed by atoms with Crippen molar-refractivity contribution in [1.29, 1.82) is 0 Å². The average molecular weight is 335 g/mol. The molecule has 0 aromatic carbocycles. The fraction of sp³-hybridized carbons (Fsp3) is 0.833. The molecule has 1 heterocycles. The van der Waals surface area contributed by atoms with Crippen LogP contribution in [0.25, 0.3) is 0 Å². The molecule has 24 heavy (non-hydrogen) atoms. The van der Waals surface area contributed by atoms with E-state index < -0.39 is 11.5 Å². The van der Waals surface area contributed by atoms with Gasteiger partial charge in [0.2, 0.25) is 5.91 Å². The van der Waals surface area contributed by atoms with Crippen LogP contribution in [-0.4, -0.2) is 46.5 Å². The van der Waals surface area contributed by atoms with E-state index in [1.165, 1.54) is 11.3 Å². The van der Waals surface area contributed by atoms with Crippen LogP contribution < -0.4 is 0 Å². The number of rotatable bonds is 4. The quantitative estimate of drug-likeness (QED) is 0.785. The second kappa shape index (κ2) is 5.55. The summed E-state index contributed by atoms with van der Waals surface area (Å²) in [6.07, 6.45) is 6.93. The molecular weight excluding hydrogens is 310 g/mol. The van der Waals surface area contributed by atoms with Gasteiger partial charge < -0.3 is 9.84 Å². The molecule has 0 aromatic heterocycles. The van der Waals surface area contributed by atoms with Gasteiger partial charge in [-0.25, -0.2) is 0 Å². The monoisotopic (exact) mass is 335 g/mol. The zero-order valence-electron chi connectivity index (χ0n) is 14.0. The van der Waals surface area contributed by atoms with Crippen molar-refractivity contribution in [1.82, 2.24) is 4.90 Å². The van der Waals surface area contributed by atoms with Gasteiger partial charge in [0, 0.05) is 13.0 Å². The maximum atomic E-state index is 12.3. The van der Waals surface area contributed by atoms with Gasteiger partial charge in [-0.3, -0.25) is 19.3 Å². The molecule has 1 aliphatic heterocycles. The molecule has 4 bridgehead atoms. The molecule has 6 nitrogen and oxygen atoms in total. The fourth-order valence-corrected chi connectivity index (χ4v) is 6.10. The van der Waals surface area contributed by atoms with E-state index in [1.807, 2.05) is 0 Å². The summed E-state index contributed by atoms with van der Waals surface area (Å²) in [6.45, 7) is 0.0767. The van der Waals surface area contributed by atoms with Crippen LogP contribution in [0.4, 0.5) is 0 Å². The molecule has 4 saturated carbocycles.